The molecule has 3 heterocycles. The first kappa shape index (κ1) is 14.5. The number of pyridine rings is 1. The van der Waals surface area contributed by atoms with Crippen LogP contribution in [-0.4, -0.2) is 38.9 Å². The molecule has 2 fully saturated rings. The van der Waals surface area contributed by atoms with Crippen LogP contribution >= 0.6 is 11.8 Å². The molecule has 23 heavy (non-hydrogen) atoms. The molecule has 118 valence electrons. The van der Waals surface area contributed by atoms with Gasteiger partial charge < -0.3 is 5.32 Å². The Hall–Kier alpha value is -2.08. The minimum absolute atomic E-state index is 0.0916. The van der Waals surface area contributed by atoms with Crippen LogP contribution in [0.4, 0.5) is 4.79 Å². The molecule has 1 spiro atoms. The second kappa shape index (κ2) is 5.23. The normalized spacial score (nSPS) is 24.0. The van der Waals surface area contributed by atoms with Crippen molar-refractivity contribution in [2.75, 3.05) is 11.5 Å². The summed E-state index contributed by atoms with van der Waals surface area (Å²) in [7, 11) is 0. The standard InChI is InChI=1S/C17H17N3O2S/c1-11-8-12(13-4-2-3-5-14(13)18-11)9-20-15(21)17(19-16(20)22)6-7-23-10-17/h2-5,8H,6-7,9-10H2,1H3,(H,19,22). The molecule has 3 amide bonds. The average molecular weight is 327 g/mol. The molecule has 2 aliphatic rings. The van der Waals surface area contributed by atoms with Crippen molar-refractivity contribution in [1.82, 2.24) is 15.2 Å². The monoisotopic (exact) mass is 327 g/mol. The summed E-state index contributed by atoms with van der Waals surface area (Å²) in [6.07, 6.45) is 0.717. The lowest BCUT2D eigenvalue weighted by Gasteiger charge is -2.19. The van der Waals surface area contributed by atoms with Gasteiger partial charge in [-0.25, -0.2) is 4.79 Å². The van der Waals surface area contributed by atoms with Gasteiger partial charge in [-0.1, -0.05) is 18.2 Å². The lowest BCUT2D eigenvalue weighted by molar-refractivity contribution is -0.130. The molecular formula is C17H17N3O2S. The van der Waals surface area contributed by atoms with E-state index in [2.05, 4.69) is 10.3 Å². The van der Waals surface area contributed by atoms with Gasteiger partial charge in [-0.15, -0.1) is 0 Å². The van der Waals surface area contributed by atoms with Crippen molar-refractivity contribution in [3.05, 3.63) is 41.6 Å². The van der Waals surface area contributed by atoms with Crippen LogP contribution in [0.15, 0.2) is 30.3 Å². The number of carbonyl (C=O) groups is 2. The molecular weight excluding hydrogens is 310 g/mol. The Labute approximate surface area is 138 Å². The zero-order chi connectivity index (χ0) is 16.0. The number of thioether (sulfide) groups is 1. The summed E-state index contributed by atoms with van der Waals surface area (Å²) >= 11 is 1.72. The van der Waals surface area contributed by atoms with Gasteiger partial charge in [-0.05, 0) is 36.8 Å². The molecule has 6 heteroatoms. The van der Waals surface area contributed by atoms with E-state index in [0.717, 1.165) is 34.3 Å². The molecule has 2 aromatic rings. The van der Waals surface area contributed by atoms with E-state index in [1.54, 1.807) is 11.8 Å². The van der Waals surface area contributed by atoms with Gasteiger partial charge in [0.25, 0.3) is 5.91 Å². The van der Waals surface area contributed by atoms with E-state index in [9.17, 15) is 9.59 Å². The number of benzene rings is 1. The molecule has 1 atom stereocenters. The van der Waals surface area contributed by atoms with Crippen LogP contribution in [-0.2, 0) is 11.3 Å². The van der Waals surface area contributed by atoms with E-state index in [-0.39, 0.29) is 11.9 Å². The number of hydrogen-bond acceptors (Lipinski definition) is 4. The number of nitrogens with one attached hydrogen (secondary N) is 1. The first-order valence-electron chi connectivity index (χ1n) is 7.66. The van der Waals surface area contributed by atoms with Crippen molar-refractivity contribution in [2.24, 2.45) is 0 Å². The van der Waals surface area contributed by atoms with Crippen LogP contribution in [0.25, 0.3) is 10.9 Å². The van der Waals surface area contributed by atoms with Gasteiger partial charge in [-0.2, -0.15) is 11.8 Å². The summed E-state index contributed by atoms with van der Waals surface area (Å²) < 4.78 is 0. The SMILES string of the molecule is Cc1cc(CN2C(=O)NC3(CCSC3)C2=O)c2ccccc2n1. The fourth-order valence-corrected chi connectivity index (χ4v) is 4.67. The van der Waals surface area contributed by atoms with E-state index in [4.69, 9.17) is 0 Å². The largest absolute Gasteiger partial charge is 0.325 e. The summed E-state index contributed by atoms with van der Waals surface area (Å²) in [4.78, 5) is 31.0. The number of hydrogen-bond donors (Lipinski definition) is 1. The number of para-hydroxylation sites is 1. The molecule has 0 aliphatic carbocycles. The van der Waals surface area contributed by atoms with E-state index in [0.29, 0.717) is 12.3 Å². The molecule has 5 nitrogen and oxygen atoms in total. The number of rotatable bonds is 2. The third-order valence-corrected chi connectivity index (χ3v) is 5.72. The Morgan fingerprint density at radius 3 is 2.96 bits per heavy atom. The van der Waals surface area contributed by atoms with Crippen LogP contribution < -0.4 is 5.32 Å². The third kappa shape index (κ3) is 2.28. The third-order valence-electron chi connectivity index (χ3n) is 4.53. The molecule has 1 aromatic carbocycles. The quantitative estimate of drug-likeness (QED) is 0.861. The molecule has 1 aromatic heterocycles. The maximum atomic E-state index is 12.8. The van der Waals surface area contributed by atoms with Crippen LogP contribution in [0.1, 0.15) is 17.7 Å². The van der Waals surface area contributed by atoms with E-state index < -0.39 is 5.54 Å². The van der Waals surface area contributed by atoms with E-state index in [1.807, 2.05) is 37.3 Å². The molecule has 0 bridgehead atoms. The van der Waals surface area contributed by atoms with Gasteiger partial charge in [-0.3, -0.25) is 14.7 Å². The molecule has 1 N–H and O–H groups in total. The van der Waals surface area contributed by atoms with Crippen molar-refractivity contribution < 1.29 is 9.59 Å². The number of carbonyl (C=O) groups excluding carboxylic acids is 2. The lowest BCUT2D eigenvalue weighted by atomic mass is 9.99. The number of imide groups is 1. The maximum absolute atomic E-state index is 12.8. The van der Waals surface area contributed by atoms with Gasteiger partial charge in [0.2, 0.25) is 0 Å². The van der Waals surface area contributed by atoms with E-state index in [1.165, 1.54) is 4.90 Å². The maximum Gasteiger partial charge on any atom is 0.325 e. The zero-order valence-electron chi connectivity index (χ0n) is 12.8. The van der Waals surface area contributed by atoms with E-state index >= 15 is 0 Å². The molecule has 2 saturated heterocycles. The second-order valence-corrected chi connectivity index (χ2v) is 7.25. The molecule has 0 saturated carbocycles. The van der Waals surface area contributed by atoms with Crippen molar-refractivity contribution in [1.29, 1.82) is 0 Å². The molecule has 4 rings (SSSR count). The van der Waals surface area contributed by atoms with Gasteiger partial charge in [0, 0.05) is 16.8 Å². The van der Waals surface area contributed by atoms with Crippen molar-refractivity contribution >= 4 is 34.6 Å². The molecule has 0 radical (unpaired) electrons. The number of nitrogens with zero attached hydrogens (tertiary/aromatic N) is 2. The predicted octanol–water partition coefficient (Wildman–Crippen LogP) is 2.47. The Morgan fingerprint density at radius 1 is 1.35 bits per heavy atom. The Kier molecular flexibility index (Phi) is 3.30. The Bertz CT molecular complexity index is 815. The lowest BCUT2D eigenvalue weighted by Crippen LogP contribution is -2.46. The van der Waals surface area contributed by atoms with Crippen LogP contribution in [0, 0.1) is 6.92 Å². The number of aromatic nitrogens is 1. The fraction of sp³-hybridized carbons (Fsp3) is 0.353. The first-order valence-corrected chi connectivity index (χ1v) is 8.82. The highest BCUT2D eigenvalue weighted by Crippen LogP contribution is 2.34. The molecule has 1 unspecified atom stereocenters. The summed E-state index contributed by atoms with van der Waals surface area (Å²) in [5.41, 5.74) is 2.05. The summed E-state index contributed by atoms with van der Waals surface area (Å²) in [6, 6.07) is 9.50. The highest BCUT2D eigenvalue weighted by Gasteiger charge is 2.52. The summed E-state index contributed by atoms with van der Waals surface area (Å²) in [6.45, 7) is 2.22. The van der Waals surface area contributed by atoms with Gasteiger partial charge in [0.15, 0.2) is 0 Å². The van der Waals surface area contributed by atoms with Crippen LogP contribution in [0.2, 0.25) is 0 Å². The summed E-state index contributed by atoms with van der Waals surface area (Å²) in [5, 5.41) is 3.90. The fourth-order valence-electron chi connectivity index (χ4n) is 3.35. The second-order valence-electron chi connectivity index (χ2n) is 6.15. The average Bonchev–Trinajstić information content (AvgIpc) is 3.08. The first-order chi connectivity index (χ1) is 11.1. The number of urea groups is 1. The highest BCUT2D eigenvalue weighted by molar-refractivity contribution is 7.99. The number of amides is 3. The summed E-state index contributed by atoms with van der Waals surface area (Å²) in [5.74, 6) is 1.49. The molecule has 2 aliphatic heterocycles. The number of fused-ring (bicyclic) bond motifs is 1. The smallest absolute Gasteiger partial charge is 0.322 e. The van der Waals surface area contributed by atoms with Gasteiger partial charge >= 0.3 is 6.03 Å². The van der Waals surface area contributed by atoms with Crippen molar-refractivity contribution in [2.45, 2.75) is 25.4 Å². The Morgan fingerprint density at radius 2 is 2.17 bits per heavy atom. The number of aryl methyl sites for hydroxylation is 1. The van der Waals surface area contributed by atoms with Gasteiger partial charge in [0.1, 0.15) is 5.54 Å². The van der Waals surface area contributed by atoms with Crippen molar-refractivity contribution in [3.8, 4) is 0 Å². The Balaban J connectivity index is 1.71. The minimum Gasteiger partial charge on any atom is -0.322 e. The highest BCUT2D eigenvalue weighted by atomic mass is 32.2. The topological polar surface area (TPSA) is 62.3 Å². The zero-order valence-corrected chi connectivity index (χ0v) is 13.7. The van der Waals surface area contributed by atoms with Crippen molar-refractivity contribution in [3.63, 3.8) is 0 Å². The minimum atomic E-state index is -0.681. The van der Waals surface area contributed by atoms with Crippen LogP contribution in [0.3, 0.4) is 0 Å². The predicted molar refractivity (Wildman–Crippen MR) is 90.2 cm³/mol. The van der Waals surface area contributed by atoms with Crippen LogP contribution in [0.5, 0.6) is 0 Å². The van der Waals surface area contributed by atoms with Gasteiger partial charge in [0.05, 0.1) is 12.1 Å².